The van der Waals surface area contributed by atoms with Crippen LogP contribution in [0.3, 0.4) is 0 Å². The maximum absolute atomic E-state index is 13.9. The Bertz CT molecular complexity index is 2470. The third kappa shape index (κ3) is 7.51. The lowest BCUT2D eigenvalue weighted by Crippen LogP contribution is -2.48. The van der Waals surface area contributed by atoms with E-state index in [1.54, 1.807) is 24.8 Å². The number of hydrogen-bond acceptors (Lipinski definition) is 10. The number of rotatable bonds is 9. The number of benzene rings is 3. The molecule has 0 spiro atoms. The number of hydrogen-bond donors (Lipinski definition) is 5. The van der Waals surface area contributed by atoms with Gasteiger partial charge in [-0.05, 0) is 76.1 Å². The summed E-state index contributed by atoms with van der Waals surface area (Å²) in [5.74, 6) is 0.908. The Kier molecular flexibility index (Phi) is 9.15. The number of nitrogen functional groups attached to an aromatic ring is 3. The fourth-order valence-electron chi connectivity index (χ4n) is 6.53. The maximum Gasteiger partial charge on any atom is 0.256 e. The molecule has 3 aromatic carbocycles. The normalized spacial score (nSPS) is 11.8. The maximum atomic E-state index is 13.9. The van der Waals surface area contributed by atoms with Crippen molar-refractivity contribution in [1.82, 2.24) is 29.5 Å². The van der Waals surface area contributed by atoms with E-state index in [0.717, 1.165) is 44.5 Å². The Morgan fingerprint density at radius 3 is 1.94 bits per heavy atom. The number of anilines is 5. The Morgan fingerprint density at radius 2 is 1.33 bits per heavy atom. The Labute approximate surface area is 313 Å². The Hall–Kier alpha value is -6.89. The fraction of sp³-hybridized carbons (Fsp3) is 0.195. The number of pyridine rings is 1. The summed E-state index contributed by atoms with van der Waals surface area (Å²) in [7, 11) is 0. The highest BCUT2D eigenvalue weighted by Gasteiger charge is 2.27. The number of amides is 1. The molecule has 272 valence electrons. The average molecular weight is 720 g/mol. The van der Waals surface area contributed by atoms with Crippen LogP contribution >= 0.6 is 0 Å². The molecular weight excluding hydrogens is 677 g/mol. The van der Waals surface area contributed by atoms with E-state index in [4.69, 9.17) is 22.2 Å². The molecule has 0 unspecified atom stereocenters. The van der Waals surface area contributed by atoms with Crippen molar-refractivity contribution in [3.8, 4) is 33.6 Å². The van der Waals surface area contributed by atoms with Crippen molar-refractivity contribution in [3.05, 3.63) is 116 Å². The van der Waals surface area contributed by atoms with Crippen molar-refractivity contribution >= 4 is 45.9 Å². The van der Waals surface area contributed by atoms with Crippen LogP contribution in [0.1, 0.15) is 45.0 Å². The van der Waals surface area contributed by atoms with E-state index < -0.39 is 0 Å². The number of fused-ring (bicyclic) bond motifs is 1. The molecule has 0 fully saturated rings. The monoisotopic (exact) mass is 719 g/mol. The molecule has 0 aliphatic carbocycles. The number of aromatic nitrogens is 7. The highest BCUT2D eigenvalue weighted by molar-refractivity contribution is 6.08. The first kappa shape index (κ1) is 35.5. The summed E-state index contributed by atoms with van der Waals surface area (Å²) >= 11 is 0. The molecule has 1 amide bonds. The van der Waals surface area contributed by atoms with Crippen molar-refractivity contribution < 1.29 is 9.36 Å². The van der Waals surface area contributed by atoms with Gasteiger partial charge < -0.3 is 32.4 Å². The number of carbonyl (C=O) groups is 1. The molecular formula is C41H43N12O+. The molecule has 0 saturated carbocycles. The van der Waals surface area contributed by atoms with Crippen LogP contribution in [0, 0.1) is 0 Å². The average Bonchev–Trinajstić information content (AvgIpc) is 3.53. The lowest BCUT2D eigenvalue weighted by molar-refractivity contribution is -0.702. The summed E-state index contributed by atoms with van der Waals surface area (Å²) in [6.45, 7) is 11.2. The van der Waals surface area contributed by atoms with E-state index in [2.05, 4.69) is 74.3 Å². The number of nitrogens with one attached hydrogen (secondary N) is 2. The van der Waals surface area contributed by atoms with Gasteiger partial charge in [-0.15, -0.1) is 0 Å². The van der Waals surface area contributed by atoms with Crippen molar-refractivity contribution in [2.24, 2.45) is 0 Å². The Morgan fingerprint density at radius 1 is 0.741 bits per heavy atom. The summed E-state index contributed by atoms with van der Waals surface area (Å²) in [5.41, 5.74) is 25.7. The SMILES string of the molecule is CC(C)(C[n+]1ccc(NC(=O)c2ccccc2-c2nc3cc(-c4cnc(N)nc4)ccc3n2C(C)(C)C)cc1)Nc1ccc(-c2cnc(N)nc2)cc1N. The van der Waals surface area contributed by atoms with E-state index >= 15 is 0 Å². The molecule has 0 radical (unpaired) electrons. The van der Waals surface area contributed by atoms with Gasteiger partial charge in [-0.2, -0.15) is 0 Å². The molecule has 0 bridgehead atoms. The second-order valence-electron chi connectivity index (χ2n) is 14.9. The first-order valence-electron chi connectivity index (χ1n) is 17.5. The van der Waals surface area contributed by atoms with Crippen molar-refractivity contribution in [3.63, 3.8) is 0 Å². The molecule has 0 aliphatic rings. The largest absolute Gasteiger partial charge is 0.397 e. The van der Waals surface area contributed by atoms with Gasteiger partial charge in [0, 0.05) is 59.1 Å². The number of nitrogens with zero attached hydrogens (tertiary/aromatic N) is 7. The molecule has 54 heavy (non-hydrogen) atoms. The van der Waals surface area contributed by atoms with Gasteiger partial charge in [0.25, 0.3) is 5.91 Å². The smallest absolute Gasteiger partial charge is 0.256 e. The van der Waals surface area contributed by atoms with Crippen molar-refractivity contribution in [1.29, 1.82) is 0 Å². The summed E-state index contributed by atoms with van der Waals surface area (Å²) in [4.78, 5) is 35.4. The zero-order valence-electron chi connectivity index (χ0n) is 30.9. The van der Waals surface area contributed by atoms with Crippen molar-refractivity contribution in [2.75, 3.05) is 27.8 Å². The van der Waals surface area contributed by atoms with Gasteiger partial charge in [-0.3, -0.25) is 4.79 Å². The minimum absolute atomic E-state index is 0.220. The fourth-order valence-corrected chi connectivity index (χ4v) is 6.53. The Balaban J connectivity index is 1.08. The summed E-state index contributed by atoms with van der Waals surface area (Å²) in [6.07, 6.45) is 10.6. The van der Waals surface area contributed by atoms with Crippen LogP contribution in [0.4, 0.5) is 29.0 Å². The first-order valence-corrected chi connectivity index (χ1v) is 17.5. The molecule has 0 aliphatic heterocycles. The molecule has 0 atom stereocenters. The molecule has 4 heterocycles. The molecule has 8 N–H and O–H groups in total. The quantitative estimate of drug-likeness (QED) is 0.0807. The molecule has 7 rings (SSSR count). The van der Waals surface area contributed by atoms with E-state index in [-0.39, 0.29) is 28.9 Å². The highest BCUT2D eigenvalue weighted by Crippen LogP contribution is 2.35. The number of nitrogens with two attached hydrogens (primary N) is 3. The van der Waals surface area contributed by atoms with Crippen LogP contribution in [0.15, 0.2) is 110 Å². The second-order valence-corrected chi connectivity index (χ2v) is 14.9. The first-order chi connectivity index (χ1) is 25.7. The second kappa shape index (κ2) is 13.9. The van der Waals surface area contributed by atoms with Crippen molar-refractivity contribution in [2.45, 2.75) is 52.2 Å². The van der Waals surface area contributed by atoms with Crippen LogP contribution in [0.25, 0.3) is 44.7 Å². The third-order valence-corrected chi connectivity index (χ3v) is 9.00. The lowest BCUT2D eigenvalue weighted by atomic mass is 10.0. The van der Waals surface area contributed by atoms with E-state index in [9.17, 15) is 4.79 Å². The van der Waals surface area contributed by atoms with Crippen LogP contribution in [-0.4, -0.2) is 40.9 Å². The van der Waals surface area contributed by atoms with Gasteiger partial charge >= 0.3 is 0 Å². The van der Waals surface area contributed by atoms with Crippen LogP contribution in [0.5, 0.6) is 0 Å². The summed E-state index contributed by atoms with van der Waals surface area (Å²) < 4.78 is 4.24. The third-order valence-electron chi connectivity index (χ3n) is 9.00. The molecule has 0 saturated heterocycles. The number of carbonyl (C=O) groups excluding carboxylic acids is 1. The van der Waals surface area contributed by atoms with Gasteiger partial charge in [0.05, 0.1) is 39.2 Å². The topological polar surface area (TPSA) is 192 Å². The number of imidazole rings is 1. The molecule has 13 heteroatoms. The standard InChI is InChI=1S/C41H42N12O/c1-40(2,3)53-35-13-11-26(28-22-47-39(44)48-23-28)19-34(35)50-36(53)30-8-6-7-9-31(30)37(54)49-29-14-16-52(17-15-29)24-41(4,5)51-33-12-10-25(18-32(33)42)27-20-45-38(43)46-21-27/h6-23H,24H2,1-5H3,(H7,42,43,44,45,46,47,48,50,51,54)/p+1. The van der Waals surface area contributed by atoms with Gasteiger partial charge in [-0.25, -0.2) is 29.5 Å². The molecule has 13 nitrogen and oxygen atoms in total. The van der Waals surface area contributed by atoms with Gasteiger partial charge in [0.15, 0.2) is 18.9 Å². The zero-order chi connectivity index (χ0) is 38.2. The molecule has 7 aromatic rings. The van der Waals surface area contributed by atoms with Crippen LogP contribution in [-0.2, 0) is 12.1 Å². The molecule has 4 aromatic heterocycles. The van der Waals surface area contributed by atoms with Gasteiger partial charge in [0.1, 0.15) is 5.82 Å². The highest BCUT2D eigenvalue weighted by atomic mass is 16.1. The predicted molar refractivity (Wildman–Crippen MR) is 214 cm³/mol. The summed E-state index contributed by atoms with van der Waals surface area (Å²) in [5, 5.41) is 6.66. The predicted octanol–water partition coefficient (Wildman–Crippen LogP) is 6.55. The minimum Gasteiger partial charge on any atom is -0.397 e. The summed E-state index contributed by atoms with van der Waals surface area (Å²) in [6, 6.07) is 23.2. The van der Waals surface area contributed by atoms with Gasteiger partial charge in [0.2, 0.25) is 11.9 Å². The van der Waals surface area contributed by atoms with E-state index in [1.807, 2.05) is 85.2 Å². The van der Waals surface area contributed by atoms with E-state index in [0.29, 0.717) is 29.3 Å². The van der Waals surface area contributed by atoms with Gasteiger partial charge in [-0.1, -0.05) is 30.3 Å². The lowest BCUT2D eigenvalue weighted by Gasteiger charge is -2.25. The van der Waals surface area contributed by atoms with Crippen LogP contribution < -0.4 is 32.4 Å². The van der Waals surface area contributed by atoms with Crippen LogP contribution in [0.2, 0.25) is 0 Å². The van der Waals surface area contributed by atoms with E-state index in [1.165, 1.54) is 0 Å². The minimum atomic E-state index is -0.365. The zero-order valence-corrected chi connectivity index (χ0v) is 30.9.